The van der Waals surface area contributed by atoms with Gasteiger partial charge in [0.2, 0.25) is 0 Å². The van der Waals surface area contributed by atoms with Gasteiger partial charge in [-0.2, -0.15) is 0 Å². The lowest BCUT2D eigenvalue weighted by Gasteiger charge is -2.10. The largest absolute Gasteiger partial charge is 0.511 e. The number of hydrogen-bond donors (Lipinski definition) is 2. The van der Waals surface area contributed by atoms with Crippen LogP contribution in [0.5, 0.6) is 0 Å². The first kappa shape index (κ1) is 16.2. The van der Waals surface area contributed by atoms with Crippen molar-refractivity contribution in [3.63, 3.8) is 0 Å². The van der Waals surface area contributed by atoms with Gasteiger partial charge in [0.1, 0.15) is 11.6 Å². The molecule has 2 aromatic rings. The van der Waals surface area contributed by atoms with Crippen molar-refractivity contribution in [3.05, 3.63) is 47.6 Å². The molecule has 1 aromatic heterocycles. The number of para-hydroxylation sites is 1. The average Bonchev–Trinajstić information content (AvgIpc) is 2.67. The van der Waals surface area contributed by atoms with Crippen LogP contribution in [0.1, 0.15) is 25.1 Å². The Morgan fingerprint density at radius 1 is 1.45 bits per heavy atom. The smallest absolute Gasteiger partial charge is 0.147 e. The summed E-state index contributed by atoms with van der Waals surface area (Å²) in [5.41, 5.74) is 8.28. The highest BCUT2D eigenvalue weighted by Gasteiger charge is 2.17. The molecule has 0 radical (unpaired) electrons. The van der Waals surface area contributed by atoms with Gasteiger partial charge in [-0.05, 0) is 25.0 Å². The molecule has 2 rings (SSSR count). The van der Waals surface area contributed by atoms with Crippen LogP contribution in [0.2, 0.25) is 0 Å². The van der Waals surface area contributed by atoms with Gasteiger partial charge < -0.3 is 15.4 Å². The highest BCUT2D eigenvalue weighted by molar-refractivity contribution is 5.86. The maximum Gasteiger partial charge on any atom is 0.147 e. The standard InChI is InChI=1S/C14H17FN2O.C2H6/c1-8-11(7-13(16)9(2)18)10-5-4-6-12(15)14(10)17(8)3;1-2/h4-6,13,18H,2,7,16H2,1,3H3;1-2H3. The zero-order chi connectivity index (χ0) is 15.4. The Balaban J connectivity index is 0.000000956. The molecule has 3 nitrogen and oxygen atoms in total. The third kappa shape index (κ3) is 2.85. The Bertz CT molecular complexity index is 616. The molecule has 0 bridgehead atoms. The molecule has 0 amide bonds. The van der Waals surface area contributed by atoms with Crippen molar-refractivity contribution < 1.29 is 9.50 Å². The minimum absolute atomic E-state index is 0.0530. The molecule has 0 spiro atoms. The Morgan fingerprint density at radius 2 is 2.05 bits per heavy atom. The summed E-state index contributed by atoms with van der Waals surface area (Å²) >= 11 is 0. The van der Waals surface area contributed by atoms with Gasteiger partial charge in [0.05, 0.1) is 11.6 Å². The van der Waals surface area contributed by atoms with Crippen molar-refractivity contribution in [2.45, 2.75) is 33.2 Å². The molecule has 1 atom stereocenters. The number of aliphatic hydroxyl groups excluding tert-OH is 1. The predicted molar refractivity (Wildman–Crippen MR) is 82.4 cm³/mol. The van der Waals surface area contributed by atoms with Gasteiger partial charge in [-0.25, -0.2) is 4.39 Å². The van der Waals surface area contributed by atoms with Crippen molar-refractivity contribution in [2.24, 2.45) is 12.8 Å². The highest BCUT2D eigenvalue weighted by Crippen LogP contribution is 2.28. The quantitative estimate of drug-likeness (QED) is 0.843. The topological polar surface area (TPSA) is 51.2 Å². The lowest BCUT2D eigenvalue weighted by atomic mass is 10.0. The number of aryl methyl sites for hydroxylation is 1. The fourth-order valence-electron chi connectivity index (χ4n) is 2.26. The number of aliphatic hydroxyl groups is 1. The lowest BCUT2D eigenvalue weighted by molar-refractivity contribution is 0.368. The van der Waals surface area contributed by atoms with E-state index in [4.69, 9.17) is 5.73 Å². The molecule has 0 fully saturated rings. The maximum atomic E-state index is 13.8. The van der Waals surface area contributed by atoms with E-state index >= 15 is 0 Å². The van der Waals surface area contributed by atoms with Crippen LogP contribution in [0.15, 0.2) is 30.5 Å². The SMILES string of the molecule is C=C(O)C(N)Cc1c(C)n(C)c2c(F)cccc12.CC. The lowest BCUT2D eigenvalue weighted by Crippen LogP contribution is -2.25. The van der Waals surface area contributed by atoms with Crippen molar-refractivity contribution >= 4 is 10.9 Å². The Morgan fingerprint density at radius 3 is 2.60 bits per heavy atom. The van der Waals surface area contributed by atoms with E-state index in [-0.39, 0.29) is 11.6 Å². The zero-order valence-corrected chi connectivity index (χ0v) is 12.6. The minimum Gasteiger partial charge on any atom is -0.511 e. The average molecular weight is 278 g/mol. The Kier molecular flexibility index (Phi) is 5.34. The molecule has 0 aliphatic carbocycles. The summed E-state index contributed by atoms with van der Waals surface area (Å²) in [6.07, 6.45) is 0.446. The molecule has 20 heavy (non-hydrogen) atoms. The van der Waals surface area contributed by atoms with E-state index in [0.29, 0.717) is 11.9 Å². The van der Waals surface area contributed by atoms with E-state index in [9.17, 15) is 9.50 Å². The summed E-state index contributed by atoms with van der Waals surface area (Å²) in [7, 11) is 1.82. The first-order chi connectivity index (χ1) is 9.43. The summed E-state index contributed by atoms with van der Waals surface area (Å²) < 4.78 is 15.6. The van der Waals surface area contributed by atoms with Crippen LogP contribution in [-0.2, 0) is 13.5 Å². The first-order valence-corrected chi connectivity index (χ1v) is 6.79. The molecule has 0 aliphatic rings. The van der Waals surface area contributed by atoms with Crippen molar-refractivity contribution in [3.8, 4) is 0 Å². The fourth-order valence-corrected chi connectivity index (χ4v) is 2.26. The van der Waals surface area contributed by atoms with Crippen LogP contribution in [0.4, 0.5) is 4.39 Å². The Labute approximate surface area is 119 Å². The summed E-state index contributed by atoms with van der Waals surface area (Å²) in [5.74, 6) is -0.302. The van der Waals surface area contributed by atoms with Gasteiger partial charge in [-0.1, -0.05) is 32.6 Å². The molecule has 0 saturated carbocycles. The van der Waals surface area contributed by atoms with E-state index in [1.807, 2.05) is 38.5 Å². The van der Waals surface area contributed by atoms with E-state index in [2.05, 4.69) is 6.58 Å². The van der Waals surface area contributed by atoms with Crippen LogP contribution < -0.4 is 5.73 Å². The molecule has 1 unspecified atom stereocenters. The molecule has 1 heterocycles. The third-order valence-electron chi connectivity index (χ3n) is 3.44. The number of benzene rings is 1. The predicted octanol–water partition coefficient (Wildman–Crippen LogP) is 3.59. The van der Waals surface area contributed by atoms with Gasteiger partial charge in [-0.3, -0.25) is 0 Å². The minimum atomic E-state index is -0.530. The monoisotopic (exact) mass is 278 g/mol. The van der Waals surface area contributed by atoms with Gasteiger partial charge in [0.15, 0.2) is 0 Å². The van der Waals surface area contributed by atoms with Crippen LogP contribution in [0.3, 0.4) is 0 Å². The van der Waals surface area contributed by atoms with Crippen LogP contribution in [0.25, 0.3) is 10.9 Å². The molecule has 3 N–H and O–H groups in total. The highest BCUT2D eigenvalue weighted by atomic mass is 19.1. The van der Waals surface area contributed by atoms with Crippen LogP contribution in [0, 0.1) is 12.7 Å². The first-order valence-electron chi connectivity index (χ1n) is 6.79. The Hall–Kier alpha value is -1.81. The second-order valence-electron chi connectivity index (χ2n) is 4.56. The van der Waals surface area contributed by atoms with Crippen LogP contribution >= 0.6 is 0 Å². The molecule has 110 valence electrons. The maximum absolute atomic E-state index is 13.8. The third-order valence-corrected chi connectivity index (χ3v) is 3.44. The second kappa shape index (κ2) is 6.57. The van der Waals surface area contributed by atoms with Gasteiger partial charge in [0, 0.05) is 18.1 Å². The molecule has 4 heteroatoms. The number of halogens is 1. The summed E-state index contributed by atoms with van der Waals surface area (Å²) in [6.45, 7) is 9.35. The number of fused-ring (bicyclic) bond motifs is 1. The molecule has 0 aliphatic heterocycles. The summed E-state index contributed by atoms with van der Waals surface area (Å²) in [5, 5.41) is 10.1. The van der Waals surface area contributed by atoms with Crippen LogP contribution in [-0.4, -0.2) is 15.7 Å². The van der Waals surface area contributed by atoms with Gasteiger partial charge in [-0.15, -0.1) is 0 Å². The van der Waals surface area contributed by atoms with E-state index in [0.717, 1.165) is 16.6 Å². The van der Waals surface area contributed by atoms with Crippen molar-refractivity contribution in [1.29, 1.82) is 0 Å². The molecule has 1 aromatic carbocycles. The van der Waals surface area contributed by atoms with E-state index in [1.54, 1.807) is 6.07 Å². The van der Waals surface area contributed by atoms with Gasteiger partial charge in [0.25, 0.3) is 0 Å². The number of nitrogens with two attached hydrogens (primary N) is 1. The van der Waals surface area contributed by atoms with Crippen molar-refractivity contribution in [1.82, 2.24) is 4.57 Å². The number of hydrogen-bond acceptors (Lipinski definition) is 2. The normalized spacial score (nSPS) is 11.9. The molecular weight excluding hydrogens is 255 g/mol. The second-order valence-corrected chi connectivity index (χ2v) is 4.56. The number of aromatic nitrogens is 1. The number of rotatable bonds is 3. The van der Waals surface area contributed by atoms with E-state index in [1.165, 1.54) is 6.07 Å². The number of nitrogens with zero attached hydrogens (tertiary/aromatic N) is 1. The fraction of sp³-hybridized carbons (Fsp3) is 0.375. The van der Waals surface area contributed by atoms with Crippen molar-refractivity contribution in [2.75, 3.05) is 0 Å². The molecular formula is C16H23FN2O. The van der Waals surface area contributed by atoms with Gasteiger partial charge >= 0.3 is 0 Å². The zero-order valence-electron chi connectivity index (χ0n) is 12.6. The van der Waals surface area contributed by atoms with E-state index < -0.39 is 6.04 Å². The summed E-state index contributed by atoms with van der Waals surface area (Å²) in [6, 6.07) is 4.46. The molecule has 0 saturated heterocycles. The summed E-state index contributed by atoms with van der Waals surface area (Å²) in [4.78, 5) is 0.